The van der Waals surface area contributed by atoms with E-state index in [0.29, 0.717) is 79.3 Å². The fourth-order valence-corrected chi connectivity index (χ4v) is 5.03. The standard InChI is InChI=1S/C38H54O7/c1-2-3-4-5-15-22-39-23-24-40-25-26-41-27-28-42-29-30-43-31-32-44-33-34-45-38(35-16-9-6-10-17-35,36-18-11-7-12-19-36)37-20-13-8-14-21-37/h6-14,16-21H,2-5,15,22-34H2,1H3. The lowest BCUT2D eigenvalue weighted by atomic mass is 9.80. The maximum Gasteiger partial charge on any atom is 0.143 e. The molecule has 0 saturated carbocycles. The van der Waals surface area contributed by atoms with Crippen molar-refractivity contribution in [3.05, 3.63) is 108 Å². The van der Waals surface area contributed by atoms with Crippen LogP contribution in [0.2, 0.25) is 0 Å². The first-order chi connectivity index (χ1) is 22.4. The molecule has 0 spiro atoms. The van der Waals surface area contributed by atoms with E-state index in [0.717, 1.165) is 29.7 Å². The zero-order chi connectivity index (χ0) is 31.5. The van der Waals surface area contributed by atoms with E-state index in [1.165, 1.54) is 25.7 Å². The molecule has 7 heteroatoms. The molecule has 3 aromatic carbocycles. The van der Waals surface area contributed by atoms with Gasteiger partial charge < -0.3 is 33.2 Å². The topological polar surface area (TPSA) is 64.6 Å². The van der Waals surface area contributed by atoms with Crippen molar-refractivity contribution in [2.45, 2.75) is 44.6 Å². The van der Waals surface area contributed by atoms with Crippen LogP contribution in [-0.2, 0) is 38.8 Å². The van der Waals surface area contributed by atoms with Crippen LogP contribution in [0.3, 0.4) is 0 Å². The second kappa shape index (κ2) is 24.6. The van der Waals surface area contributed by atoms with Crippen LogP contribution in [0.15, 0.2) is 91.0 Å². The lowest BCUT2D eigenvalue weighted by Gasteiger charge is -2.36. The largest absolute Gasteiger partial charge is 0.379 e. The van der Waals surface area contributed by atoms with Crippen LogP contribution in [0, 0.1) is 0 Å². The normalized spacial score (nSPS) is 11.7. The molecule has 0 aliphatic carbocycles. The number of hydrogen-bond acceptors (Lipinski definition) is 7. The van der Waals surface area contributed by atoms with Crippen LogP contribution in [-0.4, -0.2) is 85.9 Å². The third-order valence-corrected chi connectivity index (χ3v) is 7.34. The van der Waals surface area contributed by atoms with Crippen molar-refractivity contribution in [2.75, 3.05) is 85.9 Å². The zero-order valence-electron chi connectivity index (χ0n) is 27.2. The number of ether oxygens (including phenoxy) is 7. The Morgan fingerprint density at radius 1 is 0.356 bits per heavy atom. The summed E-state index contributed by atoms with van der Waals surface area (Å²) in [6.07, 6.45) is 6.28. The van der Waals surface area contributed by atoms with Crippen molar-refractivity contribution in [1.82, 2.24) is 0 Å². The Hall–Kier alpha value is -2.62. The Bertz CT molecular complexity index is 969. The van der Waals surface area contributed by atoms with Crippen LogP contribution in [0.25, 0.3) is 0 Å². The molecule has 0 aromatic heterocycles. The average Bonchev–Trinajstić information content (AvgIpc) is 3.09. The molecule has 0 heterocycles. The molecule has 0 fully saturated rings. The first-order valence-corrected chi connectivity index (χ1v) is 16.6. The molecule has 7 nitrogen and oxygen atoms in total. The molecule has 45 heavy (non-hydrogen) atoms. The molecule has 3 rings (SSSR count). The van der Waals surface area contributed by atoms with E-state index in [1.807, 2.05) is 18.2 Å². The lowest BCUT2D eigenvalue weighted by molar-refractivity contribution is -0.0395. The Morgan fingerprint density at radius 3 is 1.02 bits per heavy atom. The molecule has 3 aromatic rings. The average molecular weight is 623 g/mol. The number of rotatable bonds is 28. The third kappa shape index (κ3) is 14.6. The van der Waals surface area contributed by atoms with Gasteiger partial charge in [0.15, 0.2) is 0 Å². The second-order valence-electron chi connectivity index (χ2n) is 10.7. The van der Waals surface area contributed by atoms with E-state index < -0.39 is 5.60 Å². The minimum Gasteiger partial charge on any atom is -0.379 e. The number of benzene rings is 3. The third-order valence-electron chi connectivity index (χ3n) is 7.34. The Kier molecular flexibility index (Phi) is 20.1. The van der Waals surface area contributed by atoms with Gasteiger partial charge >= 0.3 is 0 Å². The molecular weight excluding hydrogens is 568 g/mol. The highest BCUT2D eigenvalue weighted by molar-refractivity contribution is 5.47. The molecule has 0 N–H and O–H groups in total. The van der Waals surface area contributed by atoms with Gasteiger partial charge in [0, 0.05) is 6.61 Å². The highest BCUT2D eigenvalue weighted by atomic mass is 16.6. The van der Waals surface area contributed by atoms with E-state index in [2.05, 4.69) is 79.7 Å². The van der Waals surface area contributed by atoms with Gasteiger partial charge in [-0.3, -0.25) is 0 Å². The maximum atomic E-state index is 6.72. The molecule has 248 valence electrons. The van der Waals surface area contributed by atoms with Crippen LogP contribution in [0.4, 0.5) is 0 Å². The maximum absolute atomic E-state index is 6.72. The Morgan fingerprint density at radius 2 is 0.667 bits per heavy atom. The van der Waals surface area contributed by atoms with Crippen LogP contribution in [0.5, 0.6) is 0 Å². The Labute approximate surface area is 271 Å². The summed E-state index contributed by atoms with van der Waals surface area (Å²) in [4.78, 5) is 0. The second-order valence-corrected chi connectivity index (χ2v) is 10.7. The van der Waals surface area contributed by atoms with E-state index in [1.54, 1.807) is 0 Å². The SMILES string of the molecule is CCCCCCCOCCOCCOCCOCCOCCOCCOC(c1ccccc1)(c1ccccc1)c1ccccc1. The van der Waals surface area contributed by atoms with Crippen molar-refractivity contribution >= 4 is 0 Å². The molecule has 0 atom stereocenters. The first-order valence-electron chi connectivity index (χ1n) is 16.6. The van der Waals surface area contributed by atoms with Gasteiger partial charge in [0.05, 0.1) is 79.3 Å². The smallest absolute Gasteiger partial charge is 0.143 e. The molecule has 0 unspecified atom stereocenters. The highest BCUT2D eigenvalue weighted by Crippen LogP contribution is 2.40. The molecule has 0 aliphatic rings. The van der Waals surface area contributed by atoms with Gasteiger partial charge in [0.25, 0.3) is 0 Å². The van der Waals surface area contributed by atoms with Gasteiger partial charge in [0.2, 0.25) is 0 Å². The van der Waals surface area contributed by atoms with Crippen molar-refractivity contribution < 1.29 is 33.2 Å². The molecular formula is C38H54O7. The van der Waals surface area contributed by atoms with Gasteiger partial charge in [0.1, 0.15) is 5.60 Å². The summed E-state index contributed by atoms with van der Waals surface area (Å²) in [5.41, 5.74) is 2.50. The predicted octanol–water partition coefficient (Wildman–Crippen LogP) is 7.07. The summed E-state index contributed by atoms with van der Waals surface area (Å²) >= 11 is 0. The highest BCUT2D eigenvalue weighted by Gasteiger charge is 2.37. The van der Waals surface area contributed by atoms with Crippen molar-refractivity contribution in [1.29, 1.82) is 0 Å². The van der Waals surface area contributed by atoms with Crippen molar-refractivity contribution in [2.24, 2.45) is 0 Å². The molecule has 0 radical (unpaired) electrons. The fraction of sp³-hybridized carbons (Fsp3) is 0.526. The van der Waals surface area contributed by atoms with Crippen molar-refractivity contribution in [3.63, 3.8) is 0 Å². The minimum absolute atomic E-state index is 0.430. The van der Waals surface area contributed by atoms with Gasteiger partial charge in [-0.15, -0.1) is 0 Å². The summed E-state index contributed by atoms with van der Waals surface area (Å²) in [7, 11) is 0. The lowest BCUT2D eigenvalue weighted by Crippen LogP contribution is -2.34. The fourth-order valence-electron chi connectivity index (χ4n) is 5.03. The van der Waals surface area contributed by atoms with Gasteiger partial charge in [-0.1, -0.05) is 124 Å². The monoisotopic (exact) mass is 622 g/mol. The number of unbranched alkanes of at least 4 members (excludes halogenated alkanes) is 4. The van der Waals surface area contributed by atoms with Gasteiger partial charge in [-0.05, 0) is 23.1 Å². The van der Waals surface area contributed by atoms with Gasteiger partial charge in [-0.2, -0.15) is 0 Å². The van der Waals surface area contributed by atoms with E-state index in [-0.39, 0.29) is 0 Å². The Balaban J connectivity index is 1.19. The van der Waals surface area contributed by atoms with Crippen molar-refractivity contribution in [3.8, 4) is 0 Å². The number of hydrogen-bond donors (Lipinski definition) is 0. The van der Waals surface area contributed by atoms with Crippen LogP contribution < -0.4 is 0 Å². The first kappa shape index (κ1) is 36.8. The van der Waals surface area contributed by atoms with E-state index in [4.69, 9.17) is 33.2 Å². The quantitative estimate of drug-likeness (QED) is 0.0634. The van der Waals surface area contributed by atoms with Crippen LogP contribution >= 0.6 is 0 Å². The minimum atomic E-state index is -0.736. The molecule has 0 aliphatic heterocycles. The summed E-state index contributed by atoms with van der Waals surface area (Å²) in [6.45, 7) is 9.43. The van der Waals surface area contributed by atoms with Gasteiger partial charge in [-0.25, -0.2) is 0 Å². The van der Waals surface area contributed by atoms with E-state index >= 15 is 0 Å². The zero-order valence-corrected chi connectivity index (χ0v) is 27.2. The summed E-state index contributed by atoms with van der Waals surface area (Å²) < 4.78 is 40.5. The summed E-state index contributed by atoms with van der Waals surface area (Å²) in [5.74, 6) is 0. The summed E-state index contributed by atoms with van der Waals surface area (Å²) in [6, 6.07) is 31.1. The van der Waals surface area contributed by atoms with Crippen LogP contribution in [0.1, 0.15) is 55.7 Å². The molecule has 0 amide bonds. The molecule has 0 saturated heterocycles. The van der Waals surface area contributed by atoms with E-state index in [9.17, 15) is 0 Å². The summed E-state index contributed by atoms with van der Waals surface area (Å²) in [5, 5.41) is 0. The predicted molar refractivity (Wildman–Crippen MR) is 179 cm³/mol. The molecule has 0 bridgehead atoms.